The summed E-state index contributed by atoms with van der Waals surface area (Å²) in [4.78, 5) is 24.8. The first kappa shape index (κ1) is 19.6. The summed E-state index contributed by atoms with van der Waals surface area (Å²) in [6.07, 6.45) is 2.51. The minimum absolute atomic E-state index is 0.00901. The second-order valence-corrected chi connectivity index (χ2v) is 7.49. The van der Waals surface area contributed by atoms with Gasteiger partial charge in [0.25, 0.3) is 5.91 Å². The van der Waals surface area contributed by atoms with Crippen molar-refractivity contribution in [1.29, 1.82) is 0 Å². The van der Waals surface area contributed by atoms with E-state index in [2.05, 4.69) is 38.1 Å². The average molecular weight is 396 g/mol. The smallest absolute Gasteiger partial charge is 0.259 e. The fourth-order valence-electron chi connectivity index (χ4n) is 4.15. The van der Waals surface area contributed by atoms with Gasteiger partial charge in [0.05, 0.1) is 5.69 Å². The lowest BCUT2D eigenvalue weighted by Gasteiger charge is -2.36. The number of hydrogen-bond acceptors (Lipinski definition) is 6. The highest BCUT2D eigenvalue weighted by Crippen LogP contribution is 2.35. The number of pyridine rings is 2. The van der Waals surface area contributed by atoms with Gasteiger partial charge in [-0.1, -0.05) is 6.92 Å². The Bertz CT molecular complexity index is 1030. The maximum atomic E-state index is 13.7. The van der Waals surface area contributed by atoms with Gasteiger partial charge >= 0.3 is 0 Å². The number of anilines is 1. The monoisotopic (exact) mass is 395 g/mol. The average Bonchev–Trinajstić information content (AvgIpc) is 3.18. The summed E-state index contributed by atoms with van der Waals surface area (Å²) in [5.74, 6) is 0.831. The molecule has 0 atom stereocenters. The van der Waals surface area contributed by atoms with Crippen molar-refractivity contribution < 1.29 is 4.79 Å². The van der Waals surface area contributed by atoms with Gasteiger partial charge in [0, 0.05) is 57.3 Å². The van der Waals surface area contributed by atoms with Gasteiger partial charge in [0.15, 0.2) is 5.65 Å². The predicted molar refractivity (Wildman–Crippen MR) is 115 cm³/mol. The molecule has 0 N–H and O–H groups in total. The van der Waals surface area contributed by atoms with E-state index in [1.165, 1.54) is 0 Å². The van der Waals surface area contributed by atoms with Crippen LogP contribution in [-0.4, -0.2) is 81.6 Å². The minimum Gasteiger partial charge on any atom is -0.368 e. The van der Waals surface area contributed by atoms with Crippen LogP contribution in [0.4, 0.5) is 5.69 Å². The summed E-state index contributed by atoms with van der Waals surface area (Å²) in [5, 5.41) is 9.84. The van der Waals surface area contributed by atoms with Crippen LogP contribution in [0.5, 0.6) is 0 Å². The maximum Gasteiger partial charge on any atom is 0.259 e. The summed E-state index contributed by atoms with van der Waals surface area (Å²) >= 11 is 0. The van der Waals surface area contributed by atoms with E-state index in [1.54, 1.807) is 6.20 Å². The van der Waals surface area contributed by atoms with Gasteiger partial charge < -0.3 is 14.7 Å². The Labute approximate surface area is 171 Å². The van der Waals surface area contributed by atoms with Crippen LogP contribution in [-0.2, 0) is 6.42 Å². The first-order chi connectivity index (χ1) is 14.1. The number of carbonyl (C=O) groups excluding carboxylic acids is 1. The fraction of sp³-hybridized carbons (Fsp3) is 0.524. The van der Waals surface area contributed by atoms with Crippen LogP contribution in [0.2, 0.25) is 0 Å². The van der Waals surface area contributed by atoms with E-state index in [4.69, 9.17) is 0 Å². The van der Waals surface area contributed by atoms with Crippen LogP contribution in [0.25, 0.3) is 16.7 Å². The number of likely N-dealkylation sites (N-methyl/N-ethyl adjacent to an activating group) is 1. The van der Waals surface area contributed by atoms with Gasteiger partial charge in [0.1, 0.15) is 17.0 Å². The van der Waals surface area contributed by atoms with E-state index in [-0.39, 0.29) is 5.91 Å². The lowest BCUT2D eigenvalue weighted by molar-refractivity contribution is 0.0775. The van der Waals surface area contributed by atoms with Gasteiger partial charge in [-0.25, -0.2) is 4.98 Å². The van der Waals surface area contributed by atoms with Crippen LogP contribution >= 0.6 is 0 Å². The molecule has 0 aromatic carbocycles. The molecular weight excluding hydrogens is 366 g/mol. The van der Waals surface area contributed by atoms with Gasteiger partial charge in [-0.2, -0.15) is 0 Å². The molecule has 4 rings (SSSR count). The molecule has 1 fully saturated rings. The minimum atomic E-state index is 0.00901. The topological polar surface area (TPSA) is 69.9 Å². The van der Waals surface area contributed by atoms with Crippen LogP contribution < -0.4 is 4.90 Å². The molecule has 4 heterocycles. The van der Waals surface area contributed by atoms with Crippen LogP contribution in [0.1, 0.15) is 37.0 Å². The van der Waals surface area contributed by atoms with Crippen molar-refractivity contribution in [2.45, 2.75) is 27.2 Å². The largest absolute Gasteiger partial charge is 0.368 e. The Morgan fingerprint density at radius 2 is 1.79 bits per heavy atom. The Kier molecular flexibility index (Phi) is 5.36. The van der Waals surface area contributed by atoms with E-state index in [0.717, 1.165) is 55.1 Å². The molecular formula is C21H29N7O. The highest BCUT2D eigenvalue weighted by atomic mass is 16.2. The van der Waals surface area contributed by atoms with E-state index in [1.807, 2.05) is 36.1 Å². The van der Waals surface area contributed by atoms with Crippen LogP contribution in [0.15, 0.2) is 18.3 Å². The highest BCUT2D eigenvalue weighted by molar-refractivity contribution is 6.12. The summed E-state index contributed by atoms with van der Waals surface area (Å²) in [7, 11) is 2.13. The number of rotatable bonds is 5. The summed E-state index contributed by atoms with van der Waals surface area (Å²) < 4.78 is 1.96. The van der Waals surface area contributed by atoms with Gasteiger partial charge in [0.2, 0.25) is 0 Å². The molecule has 29 heavy (non-hydrogen) atoms. The van der Waals surface area contributed by atoms with Gasteiger partial charge in [-0.3, -0.25) is 9.20 Å². The number of carbonyl (C=O) groups is 1. The molecule has 0 aliphatic carbocycles. The lowest BCUT2D eigenvalue weighted by atomic mass is 10.1. The van der Waals surface area contributed by atoms with Crippen molar-refractivity contribution in [3.8, 4) is 0 Å². The molecule has 0 unspecified atom stereocenters. The van der Waals surface area contributed by atoms with E-state index in [9.17, 15) is 4.79 Å². The fourth-order valence-corrected chi connectivity index (χ4v) is 4.15. The third-order valence-corrected chi connectivity index (χ3v) is 5.84. The van der Waals surface area contributed by atoms with Crippen molar-refractivity contribution in [1.82, 2.24) is 29.4 Å². The number of aromatic nitrogens is 4. The van der Waals surface area contributed by atoms with Gasteiger partial charge in [-0.05, 0) is 33.0 Å². The molecule has 0 spiro atoms. The van der Waals surface area contributed by atoms with E-state index >= 15 is 0 Å². The number of piperazine rings is 1. The molecule has 1 aliphatic heterocycles. The second-order valence-electron chi connectivity index (χ2n) is 7.49. The van der Waals surface area contributed by atoms with Crippen molar-refractivity contribution in [2.75, 3.05) is 51.2 Å². The number of amides is 1. The maximum absolute atomic E-state index is 13.7. The standard InChI is InChI=1S/C21H29N7O/c1-5-16-23-24-20-17(21(29)26(6-2)7-3)18(27-13-11-25(4)12-14-27)15-9-8-10-22-19(15)28(16)20/h8-10H,5-7,11-14H2,1-4H3. The molecule has 0 radical (unpaired) electrons. The zero-order valence-corrected chi connectivity index (χ0v) is 17.7. The van der Waals surface area contributed by atoms with Gasteiger partial charge in [-0.15, -0.1) is 10.2 Å². The number of hydrogen-bond donors (Lipinski definition) is 0. The summed E-state index contributed by atoms with van der Waals surface area (Å²) in [6.45, 7) is 11.0. The lowest BCUT2D eigenvalue weighted by Crippen LogP contribution is -2.45. The molecule has 154 valence electrons. The van der Waals surface area contributed by atoms with Crippen molar-refractivity contribution >= 4 is 28.3 Å². The Balaban J connectivity index is 2.06. The molecule has 8 heteroatoms. The second kappa shape index (κ2) is 7.94. The number of nitrogens with zero attached hydrogens (tertiary/aromatic N) is 7. The zero-order valence-electron chi connectivity index (χ0n) is 17.7. The van der Waals surface area contributed by atoms with Crippen molar-refractivity contribution in [2.24, 2.45) is 0 Å². The molecule has 1 amide bonds. The predicted octanol–water partition coefficient (Wildman–Crippen LogP) is 2.07. The Morgan fingerprint density at radius 3 is 2.45 bits per heavy atom. The third kappa shape index (κ3) is 3.21. The SMILES string of the molecule is CCc1nnc2c(C(=O)N(CC)CC)c(N3CCN(C)CC3)c3cccnc3n12. The van der Waals surface area contributed by atoms with Crippen LogP contribution in [0.3, 0.4) is 0 Å². The number of fused-ring (bicyclic) bond motifs is 3. The van der Waals surface area contributed by atoms with E-state index < -0.39 is 0 Å². The molecule has 0 saturated carbocycles. The molecule has 1 aliphatic rings. The zero-order chi connectivity index (χ0) is 20.5. The van der Waals surface area contributed by atoms with E-state index in [0.29, 0.717) is 24.3 Å². The summed E-state index contributed by atoms with van der Waals surface area (Å²) in [6, 6.07) is 4.00. The quantitative estimate of drug-likeness (QED) is 0.659. The Morgan fingerprint density at radius 1 is 1.07 bits per heavy atom. The first-order valence-corrected chi connectivity index (χ1v) is 10.5. The molecule has 3 aromatic rings. The summed E-state index contributed by atoms with van der Waals surface area (Å²) in [5.41, 5.74) is 3.01. The molecule has 3 aromatic heterocycles. The van der Waals surface area contributed by atoms with Crippen molar-refractivity contribution in [3.05, 3.63) is 29.7 Å². The number of aryl methyl sites for hydroxylation is 1. The van der Waals surface area contributed by atoms with Crippen molar-refractivity contribution in [3.63, 3.8) is 0 Å². The first-order valence-electron chi connectivity index (χ1n) is 10.5. The Hall–Kier alpha value is -2.74. The normalized spacial score (nSPS) is 15.4. The molecule has 1 saturated heterocycles. The molecule has 0 bridgehead atoms. The third-order valence-electron chi connectivity index (χ3n) is 5.84. The van der Waals surface area contributed by atoms with Crippen LogP contribution in [0, 0.1) is 0 Å². The molecule has 8 nitrogen and oxygen atoms in total. The highest BCUT2D eigenvalue weighted by Gasteiger charge is 2.30.